The summed E-state index contributed by atoms with van der Waals surface area (Å²) in [5, 5.41) is 14.9. The molecule has 2 fully saturated rings. The standard InChI is InChI=1S/C15H26N2O4/c1-2-13-11(6-7-21-13)9-16-15(20)17-12-5-3-4-10(8-12)14(18)19/h10-13H,2-9H2,1H3,(H,18,19)(H2,16,17,20). The first kappa shape index (κ1) is 16.1. The van der Waals surface area contributed by atoms with Gasteiger partial charge in [-0.25, -0.2) is 4.79 Å². The van der Waals surface area contributed by atoms with Gasteiger partial charge in [0.25, 0.3) is 0 Å². The van der Waals surface area contributed by atoms with Gasteiger partial charge in [0.15, 0.2) is 0 Å². The van der Waals surface area contributed by atoms with Crippen molar-refractivity contribution in [2.24, 2.45) is 11.8 Å². The Labute approximate surface area is 125 Å². The fourth-order valence-electron chi connectivity index (χ4n) is 3.38. The highest BCUT2D eigenvalue weighted by atomic mass is 16.5. The van der Waals surface area contributed by atoms with Crippen molar-refractivity contribution >= 4 is 12.0 Å². The van der Waals surface area contributed by atoms with Gasteiger partial charge in [-0.15, -0.1) is 0 Å². The van der Waals surface area contributed by atoms with Gasteiger partial charge in [0, 0.05) is 25.1 Å². The highest BCUT2D eigenvalue weighted by molar-refractivity contribution is 5.74. The monoisotopic (exact) mass is 298 g/mol. The Morgan fingerprint density at radius 1 is 1.29 bits per heavy atom. The largest absolute Gasteiger partial charge is 0.481 e. The number of carbonyl (C=O) groups is 2. The zero-order valence-electron chi connectivity index (χ0n) is 12.6. The quantitative estimate of drug-likeness (QED) is 0.721. The average Bonchev–Trinajstić information content (AvgIpc) is 2.93. The lowest BCUT2D eigenvalue weighted by Gasteiger charge is -2.27. The lowest BCUT2D eigenvalue weighted by Crippen LogP contribution is -2.46. The maximum atomic E-state index is 11.9. The number of hydrogen-bond donors (Lipinski definition) is 3. The summed E-state index contributed by atoms with van der Waals surface area (Å²) in [5.74, 6) is -0.688. The van der Waals surface area contributed by atoms with Crippen LogP contribution < -0.4 is 10.6 Å². The van der Waals surface area contributed by atoms with Gasteiger partial charge >= 0.3 is 12.0 Å². The average molecular weight is 298 g/mol. The van der Waals surface area contributed by atoms with Crippen molar-refractivity contribution in [3.63, 3.8) is 0 Å². The van der Waals surface area contributed by atoms with Crippen LogP contribution >= 0.6 is 0 Å². The lowest BCUT2D eigenvalue weighted by molar-refractivity contribution is -0.143. The Balaban J connectivity index is 1.70. The van der Waals surface area contributed by atoms with Crippen LogP contribution in [0.5, 0.6) is 0 Å². The molecule has 21 heavy (non-hydrogen) atoms. The maximum absolute atomic E-state index is 11.9. The van der Waals surface area contributed by atoms with Crippen LogP contribution in [0.2, 0.25) is 0 Å². The molecule has 1 heterocycles. The van der Waals surface area contributed by atoms with E-state index in [4.69, 9.17) is 9.84 Å². The summed E-state index contributed by atoms with van der Waals surface area (Å²) in [6, 6.07) is -0.213. The van der Waals surface area contributed by atoms with Crippen molar-refractivity contribution in [3.8, 4) is 0 Å². The molecular weight excluding hydrogens is 272 g/mol. The molecule has 0 aromatic heterocycles. The van der Waals surface area contributed by atoms with E-state index in [2.05, 4.69) is 17.6 Å². The van der Waals surface area contributed by atoms with Crippen LogP contribution in [0.15, 0.2) is 0 Å². The molecule has 6 heteroatoms. The molecule has 2 amide bonds. The summed E-state index contributed by atoms with van der Waals surface area (Å²) >= 11 is 0. The van der Waals surface area contributed by atoms with E-state index in [-0.39, 0.29) is 24.1 Å². The van der Waals surface area contributed by atoms with Crippen LogP contribution in [0.4, 0.5) is 4.79 Å². The number of amides is 2. The number of rotatable bonds is 5. The molecule has 0 spiro atoms. The second-order valence-corrected chi connectivity index (χ2v) is 6.12. The summed E-state index contributed by atoms with van der Waals surface area (Å²) in [5.41, 5.74) is 0. The van der Waals surface area contributed by atoms with Gasteiger partial charge in [0.05, 0.1) is 12.0 Å². The molecule has 0 aromatic rings. The first-order valence-electron chi connectivity index (χ1n) is 7.99. The van der Waals surface area contributed by atoms with Gasteiger partial charge in [0.1, 0.15) is 0 Å². The zero-order valence-corrected chi connectivity index (χ0v) is 12.6. The third-order valence-electron chi connectivity index (χ3n) is 4.63. The van der Waals surface area contributed by atoms with E-state index in [1.807, 2.05) is 0 Å². The number of urea groups is 1. The maximum Gasteiger partial charge on any atom is 0.315 e. The molecule has 4 atom stereocenters. The van der Waals surface area contributed by atoms with Crippen molar-refractivity contribution in [1.82, 2.24) is 10.6 Å². The van der Waals surface area contributed by atoms with Crippen molar-refractivity contribution in [2.75, 3.05) is 13.2 Å². The minimum Gasteiger partial charge on any atom is -0.481 e. The second-order valence-electron chi connectivity index (χ2n) is 6.12. The highest BCUT2D eigenvalue weighted by Gasteiger charge is 2.29. The number of ether oxygens (including phenoxy) is 1. The van der Waals surface area contributed by atoms with Crippen molar-refractivity contribution < 1.29 is 19.4 Å². The molecule has 1 aliphatic heterocycles. The normalized spacial score (nSPS) is 32.6. The first-order chi connectivity index (χ1) is 10.1. The first-order valence-corrected chi connectivity index (χ1v) is 7.99. The highest BCUT2D eigenvalue weighted by Crippen LogP contribution is 2.25. The van der Waals surface area contributed by atoms with Crippen LogP contribution in [0, 0.1) is 11.8 Å². The third kappa shape index (κ3) is 4.59. The molecule has 4 unspecified atom stereocenters. The van der Waals surface area contributed by atoms with Crippen molar-refractivity contribution in [1.29, 1.82) is 0 Å². The summed E-state index contributed by atoms with van der Waals surface area (Å²) in [6.45, 7) is 3.49. The summed E-state index contributed by atoms with van der Waals surface area (Å²) in [4.78, 5) is 22.9. The predicted octanol–water partition coefficient (Wildman–Crippen LogP) is 1.74. The van der Waals surface area contributed by atoms with Gasteiger partial charge < -0.3 is 20.5 Å². The number of carbonyl (C=O) groups excluding carboxylic acids is 1. The SMILES string of the molecule is CCC1OCCC1CNC(=O)NC1CCCC(C(=O)O)C1. The molecule has 2 rings (SSSR count). The van der Waals surface area contributed by atoms with Crippen molar-refractivity contribution in [2.45, 2.75) is 57.6 Å². The van der Waals surface area contributed by atoms with E-state index in [0.717, 1.165) is 32.3 Å². The Morgan fingerprint density at radius 2 is 2.10 bits per heavy atom. The fourth-order valence-corrected chi connectivity index (χ4v) is 3.38. The summed E-state index contributed by atoms with van der Waals surface area (Å²) in [6.07, 6.45) is 5.17. The summed E-state index contributed by atoms with van der Waals surface area (Å²) in [7, 11) is 0. The molecule has 3 N–H and O–H groups in total. The minimum absolute atomic E-state index is 0.0262. The number of hydrogen-bond acceptors (Lipinski definition) is 3. The Kier molecular flexibility index (Phi) is 5.85. The van der Waals surface area contributed by atoms with Crippen LogP contribution in [0.1, 0.15) is 45.4 Å². The second kappa shape index (κ2) is 7.64. The van der Waals surface area contributed by atoms with E-state index in [1.54, 1.807) is 0 Å². The number of carboxylic acid groups (broad SMARTS) is 1. The summed E-state index contributed by atoms with van der Waals surface area (Å²) < 4.78 is 5.60. The Bertz CT molecular complexity index is 375. The van der Waals surface area contributed by atoms with E-state index in [0.29, 0.717) is 25.3 Å². The molecular formula is C15H26N2O4. The molecule has 6 nitrogen and oxygen atoms in total. The number of aliphatic carboxylic acids is 1. The van der Waals surface area contributed by atoms with E-state index >= 15 is 0 Å². The molecule has 1 aliphatic carbocycles. The molecule has 120 valence electrons. The Morgan fingerprint density at radius 3 is 2.81 bits per heavy atom. The molecule has 0 radical (unpaired) electrons. The van der Waals surface area contributed by atoms with E-state index in [1.165, 1.54) is 0 Å². The van der Waals surface area contributed by atoms with E-state index < -0.39 is 5.97 Å². The van der Waals surface area contributed by atoms with Crippen LogP contribution in [-0.4, -0.2) is 42.4 Å². The molecule has 1 saturated carbocycles. The zero-order chi connectivity index (χ0) is 15.2. The van der Waals surface area contributed by atoms with Crippen LogP contribution in [-0.2, 0) is 9.53 Å². The van der Waals surface area contributed by atoms with Gasteiger partial charge in [0.2, 0.25) is 0 Å². The molecule has 0 bridgehead atoms. The fraction of sp³-hybridized carbons (Fsp3) is 0.867. The Hall–Kier alpha value is -1.30. The van der Waals surface area contributed by atoms with Gasteiger partial charge in [-0.3, -0.25) is 4.79 Å². The van der Waals surface area contributed by atoms with Crippen LogP contribution in [0.25, 0.3) is 0 Å². The van der Waals surface area contributed by atoms with Gasteiger partial charge in [-0.2, -0.15) is 0 Å². The minimum atomic E-state index is -0.754. The topological polar surface area (TPSA) is 87.7 Å². The van der Waals surface area contributed by atoms with Crippen molar-refractivity contribution in [3.05, 3.63) is 0 Å². The molecule has 0 aromatic carbocycles. The smallest absolute Gasteiger partial charge is 0.315 e. The molecule has 1 saturated heterocycles. The third-order valence-corrected chi connectivity index (χ3v) is 4.63. The lowest BCUT2D eigenvalue weighted by atomic mass is 9.86. The molecule has 2 aliphatic rings. The number of nitrogens with one attached hydrogen (secondary N) is 2. The van der Waals surface area contributed by atoms with Gasteiger partial charge in [-0.1, -0.05) is 13.3 Å². The number of carboxylic acids is 1. The predicted molar refractivity (Wildman–Crippen MR) is 78.1 cm³/mol. The van der Waals surface area contributed by atoms with E-state index in [9.17, 15) is 9.59 Å². The van der Waals surface area contributed by atoms with Crippen LogP contribution in [0.3, 0.4) is 0 Å². The van der Waals surface area contributed by atoms with Gasteiger partial charge in [-0.05, 0) is 32.1 Å².